The molecule has 2 heterocycles. The van der Waals surface area contributed by atoms with Gasteiger partial charge in [0.25, 0.3) is 5.91 Å². The minimum atomic E-state index is -0.252. The Kier molecular flexibility index (Phi) is 4.89. The molecule has 1 fully saturated rings. The first kappa shape index (κ1) is 17.0. The van der Waals surface area contributed by atoms with Crippen molar-refractivity contribution >= 4 is 5.91 Å². The number of carbonyl (C=O) groups excluding carboxylic acids is 1. The summed E-state index contributed by atoms with van der Waals surface area (Å²) in [6.45, 7) is 4.20. The molecule has 2 aromatic rings. The zero-order valence-corrected chi connectivity index (χ0v) is 14.7. The largest absolute Gasteiger partial charge is 0.489 e. The molecule has 0 bridgehead atoms. The molecule has 1 saturated heterocycles. The second kappa shape index (κ2) is 7.46. The van der Waals surface area contributed by atoms with Crippen LogP contribution in [-0.2, 0) is 6.42 Å². The topological polar surface area (TPSA) is 32.8 Å². The van der Waals surface area contributed by atoms with Crippen LogP contribution in [0.4, 0.5) is 4.39 Å². The fourth-order valence-electron chi connectivity index (χ4n) is 3.75. The van der Waals surface area contributed by atoms with Crippen molar-refractivity contribution in [2.45, 2.75) is 18.9 Å². The smallest absolute Gasteiger partial charge is 0.254 e. The van der Waals surface area contributed by atoms with Crippen molar-refractivity contribution in [1.29, 1.82) is 0 Å². The summed E-state index contributed by atoms with van der Waals surface area (Å²) < 4.78 is 18.9. The quantitative estimate of drug-likeness (QED) is 0.828. The number of benzene rings is 2. The summed E-state index contributed by atoms with van der Waals surface area (Å²) in [4.78, 5) is 16.9. The Balaban J connectivity index is 1.27. The van der Waals surface area contributed by atoms with Crippen molar-refractivity contribution in [3.05, 3.63) is 65.5 Å². The molecule has 1 atom stereocenters. The number of nitrogens with zero attached hydrogens (tertiary/aromatic N) is 2. The predicted octanol–water partition coefficient (Wildman–Crippen LogP) is 2.98. The fraction of sp³-hybridized carbons (Fsp3) is 0.381. The van der Waals surface area contributed by atoms with Crippen LogP contribution in [0.5, 0.6) is 5.75 Å². The van der Waals surface area contributed by atoms with Gasteiger partial charge in [0, 0.05) is 38.3 Å². The molecule has 1 amide bonds. The maximum Gasteiger partial charge on any atom is 0.254 e. The minimum absolute atomic E-state index is 0.123. The van der Waals surface area contributed by atoms with Crippen molar-refractivity contribution in [2.75, 3.05) is 32.7 Å². The Morgan fingerprint density at radius 1 is 1.04 bits per heavy atom. The molecule has 0 N–H and O–H groups in total. The van der Waals surface area contributed by atoms with Gasteiger partial charge in [-0.3, -0.25) is 9.69 Å². The Morgan fingerprint density at radius 3 is 2.69 bits per heavy atom. The number of hydrogen-bond acceptors (Lipinski definition) is 3. The highest BCUT2D eigenvalue weighted by atomic mass is 19.1. The maximum absolute atomic E-state index is 13.0. The molecule has 26 heavy (non-hydrogen) atoms. The molecule has 2 aliphatic rings. The zero-order chi connectivity index (χ0) is 17.9. The highest BCUT2D eigenvalue weighted by Crippen LogP contribution is 2.20. The van der Waals surface area contributed by atoms with E-state index in [0.29, 0.717) is 5.75 Å². The Hall–Kier alpha value is -2.40. The average molecular weight is 354 g/mol. The molecule has 2 aromatic carbocycles. The number of hydrogen-bond donors (Lipinski definition) is 0. The first-order valence-corrected chi connectivity index (χ1v) is 9.21. The zero-order valence-electron chi connectivity index (χ0n) is 14.7. The van der Waals surface area contributed by atoms with Crippen molar-refractivity contribution in [1.82, 2.24) is 9.80 Å². The van der Waals surface area contributed by atoms with E-state index >= 15 is 0 Å². The van der Waals surface area contributed by atoms with E-state index in [1.54, 1.807) is 12.1 Å². The van der Waals surface area contributed by atoms with E-state index in [2.05, 4.69) is 4.90 Å². The lowest BCUT2D eigenvalue weighted by Crippen LogP contribution is -2.42. The number of ether oxygens (including phenoxy) is 1. The van der Waals surface area contributed by atoms with Gasteiger partial charge in [0.15, 0.2) is 0 Å². The predicted molar refractivity (Wildman–Crippen MR) is 97.9 cm³/mol. The van der Waals surface area contributed by atoms with E-state index in [4.69, 9.17) is 4.74 Å². The fourth-order valence-corrected chi connectivity index (χ4v) is 3.75. The van der Waals surface area contributed by atoms with Crippen LogP contribution in [0.2, 0.25) is 0 Å². The highest BCUT2D eigenvalue weighted by molar-refractivity contribution is 5.96. The Labute approximate surface area is 153 Å². The van der Waals surface area contributed by atoms with Gasteiger partial charge in [0.1, 0.15) is 17.7 Å². The summed E-state index contributed by atoms with van der Waals surface area (Å²) >= 11 is 0. The molecule has 0 unspecified atom stereocenters. The van der Waals surface area contributed by atoms with Crippen LogP contribution in [-0.4, -0.2) is 54.5 Å². The maximum atomic E-state index is 13.0. The molecule has 0 aliphatic carbocycles. The van der Waals surface area contributed by atoms with Gasteiger partial charge < -0.3 is 9.64 Å². The minimum Gasteiger partial charge on any atom is -0.489 e. The van der Waals surface area contributed by atoms with E-state index < -0.39 is 0 Å². The van der Waals surface area contributed by atoms with Crippen LogP contribution in [0.15, 0.2) is 48.5 Å². The van der Waals surface area contributed by atoms with Gasteiger partial charge >= 0.3 is 0 Å². The molecule has 136 valence electrons. The third kappa shape index (κ3) is 3.73. The van der Waals surface area contributed by atoms with Gasteiger partial charge in [-0.15, -0.1) is 0 Å². The molecule has 0 saturated carbocycles. The number of fused-ring (bicyclic) bond motifs is 1. The number of carbonyl (C=O) groups is 1. The normalized spacial score (nSPS) is 20.3. The second-order valence-corrected chi connectivity index (χ2v) is 6.98. The molecule has 2 aliphatic heterocycles. The number of amides is 1. The van der Waals surface area contributed by atoms with E-state index in [-0.39, 0.29) is 17.8 Å². The molecule has 4 nitrogen and oxygen atoms in total. The summed E-state index contributed by atoms with van der Waals surface area (Å²) in [5, 5.41) is 0. The summed E-state index contributed by atoms with van der Waals surface area (Å²) in [6.07, 6.45) is 2.00. The van der Waals surface area contributed by atoms with Gasteiger partial charge in [0.05, 0.1) is 0 Å². The number of likely N-dealkylation sites (tertiary alicyclic amines) is 1. The van der Waals surface area contributed by atoms with Crippen molar-refractivity contribution in [3.63, 3.8) is 0 Å². The SMILES string of the molecule is O=C1c2ccccc2CCN1CCN1CC[C@@H](Oc2ccc(F)cc2)C1. The molecule has 4 rings (SSSR count). The van der Waals surface area contributed by atoms with Gasteiger partial charge in [-0.05, 0) is 48.7 Å². The van der Waals surface area contributed by atoms with Crippen molar-refractivity contribution in [2.24, 2.45) is 0 Å². The standard InChI is InChI=1S/C21H23FN2O2/c22-17-5-7-18(8-6-17)26-19-10-11-23(15-19)13-14-24-12-9-16-3-1-2-4-20(16)21(24)25/h1-8,19H,9-15H2/t19-/m1/s1. The van der Waals surface area contributed by atoms with Crippen molar-refractivity contribution in [3.8, 4) is 5.75 Å². The third-order valence-corrected chi connectivity index (χ3v) is 5.22. The lowest BCUT2D eigenvalue weighted by atomic mass is 9.99. The Morgan fingerprint density at radius 2 is 1.85 bits per heavy atom. The van der Waals surface area contributed by atoms with Crippen LogP contribution < -0.4 is 4.74 Å². The summed E-state index contributed by atoms with van der Waals surface area (Å²) in [5.41, 5.74) is 2.00. The molecule has 5 heteroatoms. The molecule has 0 radical (unpaired) electrons. The van der Waals surface area contributed by atoms with E-state index in [0.717, 1.165) is 56.7 Å². The van der Waals surface area contributed by atoms with Gasteiger partial charge in [-0.2, -0.15) is 0 Å². The van der Waals surface area contributed by atoms with Crippen LogP contribution in [0.1, 0.15) is 22.3 Å². The number of halogens is 1. The van der Waals surface area contributed by atoms with E-state index in [9.17, 15) is 9.18 Å². The average Bonchev–Trinajstić information content (AvgIpc) is 3.11. The lowest BCUT2D eigenvalue weighted by Gasteiger charge is -2.30. The van der Waals surface area contributed by atoms with Gasteiger partial charge in [-0.25, -0.2) is 4.39 Å². The molecule has 0 spiro atoms. The van der Waals surface area contributed by atoms with Crippen LogP contribution in [0.25, 0.3) is 0 Å². The Bertz CT molecular complexity index is 778. The first-order chi connectivity index (χ1) is 12.7. The van der Waals surface area contributed by atoms with E-state index in [1.807, 2.05) is 29.2 Å². The summed E-state index contributed by atoms with van der Waals surface area (Å²) in [7, 11) is 0. The molecular formula is C21H23FN2O2. The van der Waals surface area contributed by atoms with Crippen molar-refractivity contribution < 1.29 is 13.9 Å². The van der Waals surface area contributed by atoms with Gasteiger partial charge in [0.2, 0.25) is 0 Å². The highest BCUT2D eigenvalue weighted by Gasteiger charge is 2.27. The summed E-state index contributed by atoms with van der Waals surface area (Å²) in [6, 6.07) is 14.1. The monoisotopic (exact) mass is 354 g/mol. The number of rotatable bonds is 5. The second-order valence-electron chi connectivity index (χ2n) is 6.98. The third-order valence-electron chi connectivity index (χ3n) is 5.22. The van der Waals surface area contributed by atoms with Crippen LogP contribution in [0.3, 0.4) is 0 Å². The molecule has 0 aromatic heterocycles. The lowest BCUT2D eigenvalue weighted by molar-refractivity contribution is 0.0722. The van der Waals surface area contributed by atoms with Crippen LogP contribution >= 0.6 is 0 Å². The van der Waals surface area contributed by atoms with Crippen LogP contribution in [0, 0.1) is 5.82 Å². The summed E-state index contributed by atoms with van der Waals surface area (Å²) in [5.74, 6) is 0.601. The van der Waals surface area contributed by atoms with E-state index in [1.165, 1.54) is 12.1 Å². The first-order valence-electron chi connectivity index (χ1n) is 9.21. The van der Waals surface area contributed by atoms with Gasteiger partial charge in [-0.1, -0.05) is 18.2 Å². The molecular weight excluding hydrogens is 331 g/mol.